The van der Waals surface area contributed by atoms with E-state index < -0.39 is 0 Å². The fourth-order valence-electron chi connectivity index (χ4n) is 2.22. The Morgan fingerprint density at radius 3 is 2.68 bits per heavy atom. The lowest BCUT2D eigenvalue weighted by Crippen LogP contribution is -2.33. The summed E-state index contributed by atoms with van der Waals surface area (Å²) in [5.74, 6) is 0.962. The van der Waals surface area contributed by atoms with Gasteiger partial charge in [0.2, 0.25) is 5.91 Å². The SMILES string of the molecule is CC(C)Oc1ccccc1NCC(=O)N1CCCC1. The van der Waals surface area contributed by atoms with Crippen molar-refractivity contribution in [3.8, 4) is 5.75 Å². The van der Waals surface area contributed by atoms with Crippen molar-refractivity contribution in [2.24, 2.45) is 0 Å². The van der Waals surface area contributed by atoms with Crippen LogP contribution in [0.4, 0.5) is 5.69 Å². The second kappa shape index (κ2) is 6.45. The molecule has 1 amide bonds. The fraction of sp³-hybridized carbons (Fsp3) is 0.533. The highest BCUT2D eigenvalue weighted by Crippen LogP contribution is 2.24. The largest absolute Gasteiger partial charge is 0.489 e. The minimum Gasteiger partial charge on any atom is -0.489 e. The molecule has 1 aliphatic rings. The maximum absolute atomic E-state index is 12.0. The van der Waals surface area contributed by atoms with E-state index in [4.69, 9.17) is 4.74 Å². The molecule has 0 unspecified atom stereocenters. The number of ether oxygens (including phenoxy) is 1. The molecule has 0 atom stereocenters. The molecule has 1 fully saturated rings. The molecule has 1 saturated heterocycles. The molecule has 0 saturated carbocycles. The van der Waals surface area contributed by atoms with Gasteiger partial charge < -0.3 is 15.0 Å². The van der Waals surface area contributed by atoms with E-state index >= 15 is 0 Å². The number of likely N-dealkylation sites (tertiary alicyclic amines) is 1. The van der Waals surface area contributed by atoms with Crippen LogP contribution in [-0.2, 0) is 4.79 Å². The summed E-state index contributed by atoms with van der Waals surface area (Å²) < 4.78 is 5.72. The Hall–Kier alpha value is -1.71. The van der Waals surface area contributed by atoms with E-state index in [1.165, 1.54) is 0 Å². The van der Waals surface area contributed by atoms with Crippen molar-refractivity contribution in [3.05, 3.63) is 24.3 Å². The normalized spacial score (nSPS) is 14.8. The Labute approximate surface area is 114 Å². The molecule has 4 heteroatoms. The van der Waals surface area contributed by atoms with Crippen LogP contribution >= 0.6 is 0 Å². The zero-order valence-corrected chi connectivity index (χ0v) is 11.7. The van der Waals surface area contributed by atoms with Crippen molar-refractivity contribution >= 4 is 11.6 Å². The average Bonchev–Trinajstić information content (AvgIpc) is 2.90. The first-order valence-electron chi connectivity index (χ1n) is 6.94. The van der Waals surface area contributed by atoms with E-state index in [1.54, 1.807) is 0 Å². The molecule has 1 aromatic carbocycles. The van der Waals surface area contributed by atoms with Gasteiger partial charge in [0.05, 0.1) is 18.3 Å². The predicted octanol–water partition coefficient (Wildman–Crippen LogP) is 2.51. The van der Waals surface area contributed by atoms with E-state index in [1.807, 2.05) is 43.0 Å². The van der Waals surface area contributed by atoms with E-state index in [9.17, 15) is 4.79 Å². The van der Waals surface area contributed by atoms with E-state index in [0.717, 1.165) is 37.4 Å². The fourth-order valence-corrected chi connectivity index (χ4v) is 2.22. The number of para-hydroxylation sites is 2. The van der Waals surface area contributed by atoms with Crippen molar-refractivity contribution in [2.45, 2.75) is 32.8 Å². The first-order valence-corrected chi connectivity index (χ1v) is 6.94. The molecule has 1 aliphatic heterocycles. The summed E-state index contributed by atoms with van der Waals surface area (Å²) in [7, 11) is 0. The zero-order chi connectivity index (χ0) is 13.7. The molecule has 1 aromatic rings. The van der Waals surface area contributed by atoms with Gasteiger partial charge in [-0.25, -0.2) is 0 Å². The van der Waals surface area contributed by atoms with Crippen LogP contribution in [0.1, 0.15) is 26.7 Å². The minimum absolute atomic E-state index is 0.122. The van der Waals surface area contributed by atoms with Crippen LogP contribution in [0.5, 0.6) is 5.75 Å². The summed E-state index contributed by atoms with van der Waals surface area (Å²) >= 11 is 0. The minimum atomic E-state index is 0.122. The van der Waals surface area contributed by atoms with Crippen LogP contribution in [-0.4, -0.2) is 36.5 Å². The molecular formula is C15H22N2O2. The van der Waals surface area contributed by atoms with Crippen LogP contribution in [0, 0.1) is 0 Å². The van der Waals surface area contributed by atoms with E-state index in [-0.39, 0.29) is 12.0 Å². The van der Waals surface area contributed by atoms with Crippen LogP contribution in [0.2, 0.25) is 0 Å². The van der Waals surface area contributed by atoms with Crippen LogP contribution in [0.25, 0.3) is 0 Å². The average molecular weight is 262 g/mol. The number of benzene rings is 1. The molecule has 19 heavy (non-hydrogen) atoms. The maximum atomic E-state index is 12.0. The molecule has 0 bridgehead atoms. The third-order valence-corrected chi connectivity index (χ3v) is 3.14. The molecule has 0 aliphatic carbocycles. The summed E-state index contributed by atoms with van der Waals surface area (Å²) in [6.45, 7) is 6.10. The smallest absolute Gasteiger partial charge is 0.241 e. The van der Waals surface area contributed by atoms with Crippen LogP contribution < -0.4 is 10.1 Å². The summed E-state index contributed by atoms with van der Waals surface area (Å²) in [5.41, 5.74) is 0.878. The highest BCUT2D eigenvalue weighted by molar-refractivity contribution is 5.81. The number of anilines is 1. The summed E-state index contributed by atoms with van der Waals surface area (Å²) in [4.78, 5) is 13.9. The lowest BCUT2D eigenvalue weighted by atomic mass is 10.3. The first kappa shape index (κ1) is 13.7. The van der Waals surface area contributed by atoms with Gasteiger partial charge in [-0.05, 0) is 38.8 Å². The van der Waals surface area contributed by atoms with Gasteiger partial charge in [0.25, 0.3) is 0 Å². The number of nitrogens with zero attached hydrogens (tertiary/aromatic N) is 1. The topological polar surface area (TPSA) is 41.6 Å². The predicted molar refractivity (Wildman–Crippen MR) is 76.5 cm³/mol. The van der Waals surface area contributed by atoms with E-state index in [2.05, 4.69) is 5.32 Å². The highest BCUT2D eigenvalue weighted by atomic mass is 16.5. The first-order chi connectivity index (χ1) is 9.16. The summed E-state index contributed by atoms with van der Waals surface area (Å²) in [6, 6.07) is 7.73. The van der Waals surface area contributed by atoms with Gasteiger partial charge in [0, 0.05) is 13.1 Å². The maximum Gasteiger partial charge on any atom is 0.241 e. The van der Waals surface area contributed by atoms with Gasteiger partial charge in [0.1, 0.15) is 5.75 Å². The Balaban J connectivity index is 1.93. The summed E-state index contributed by atoms with van der Waals surface area (Å²) in [6.07, 6.45) is 2.37. The number of carbonyl (C=O) groups is 1. The zero-order valence-electron chi connectivity index (χ0n) is 11.7. The molecule has 0 spiro atoms. The van der Waals surface area contributed by atoms with Crippen molar-refractivity contribution in [3.63, 3.8) is 0 Å². The van der Waals surface area contributed by atoms with Crippen molar-refractivity contribution < 1.29 is 9.53 Å². The van der Waals surface area contributed by atoms with Gasteiger partial charge in [-0.3, -0.25) is 4.79 Å². The monoisotopic (exact) mass is 262 g/mol. The molecule has 0 radical (unpaired) electrons. The van der Waals surface area contributed by atoms with Gasteiger partial charge >= 0.3 is 0 Å². The highest BCUT2D eigenvalue weighted by Gasteiger charge is 2.17. The molecule has 2 rings (SSSR count). The van der Waals surface area contributed by atoms with Gasteiger partial charge in [0.15, 0.2) is 0 Å². The third-order valence-electron chi connectivity index (χ3n) is 3.14. The number of amides is 1. The molecule has 4 nitrogen and oxygen atoms in total. The van der Waals surface area contributed by atoms with Crippen molar-refractivity contribution in [1.29, 1.82) is 0 Å². The molecule has 0 aromatic heterocycles. The Kier molecular flexibility index (Phi) is 4.66. The number of hydrogen-bond acceptors (Lipinski definition) is 3. The van der Waals surface area contributed by atoms with Gasteiger partial charge in [-0.1, -0.05) is 12.1 Å². The Morgan fingerprint density at radius 1 is 1.32 bits per heavy atom. The molecular weight excluding hydrogens is 240 g/mol. The Morgan fingerprint density at radius 2 is 2.00 bits per heavy atom. The quantitative estimate of drug-likeness (QED) is 0.886. The number of hydrogen-bond donors (Lipinski definition) is 1. The lowest BCUT2D eigenvalue weighted by Gasteiger charge is -2.18. The second-order valence-electron chi connectivity index (χ2n) is 5.10. The van der Waals surface area contributed by atoms with Gasteiger partial charge in [-0.15, -0.1) is 0 Å². The standard InChI is InChI=1S/C15H22N2O2/c1-12(2)19-14-8-4-3-7-13(14)16-11-15(18)17-9-5-6-10-17/h3-4,7-8,12,16H,5-6,9-11H2,1-2H3. The van der Waals surface area contributed by atoms with E-state index in [0.29, 0.717) is 6.54 Å². The van der Waals surface area contributed by atoms with Crippen molar-refractivity contribution in [2.75, 3.05) is 25.0 Å². The van der Waals surface area contributed by atoms with Crippen LogP contribution in [0.15, 0.2) is 24.3 Å². The molecule has 1 N–H and O–H groups in total. The Bertz CT molecular complexity index is 426. The molecule has 1 heterocycles. The third kappa shape index (κ3) is 3.88. The number of rotatable bonds is 5. The van der Waals surface area contributed by atoms with Crippen LogP contribution in [0.3, 0.4) is 0 Å². The number of nitrogens with one attached hydrogen (secondary N) is 1. The molecule has 104 valence electrons. The summed E-state index contributed by atoms with van der Waals surface area (Å²) in [5, 5.41) is 3.18. The number of carbonyl (C=O) groups excluding carboxylic acids is 1. The second-order valence-corrected chi connectivity index (χ2v) is 5.10. The van der Waals surface area contributed by atoms with Gasteiger partial charge in [-0.2, -0.15) is 0 Å². The van der Waals surface area contributed by atoms with Crippen molar-refractivity contribution in [1.82, 2.24) is 4.90 Å². The lowest BCUT2D eigenvalue weighted by molar-refractivity contribution is -0.128.